The Labute approximate surface area is 165 Å². The van der Waals surface area contributed by atoms with Gasteiger partial charge in [0.25, 0.3) is 5.91 Å². The lowest BCUT2D eigenvalue weighted by atomic mass is 9.68. The molecule has 1 heterocycles. The fourth-order valence-corrected chi connectivity index (χ4v) is 4.71. The average molecular weight is 382 g/mol. The topological polar surface area (TPSA) is 53.4 Å². The molecule has 1 aromatic heterocycles. The number of aliphatic hydroxyl groups is 1. The van der Waals surface area contributed by atoms with Crippen molar-refractivity contribution >= 4 is 5.91 Å². The normalized spacial score (nSPS) is 24.7. The van der Waals surface area contributed by atoms with Crippen molar-refractivity contribution in [3.8, 4) is 0 Å². The van der Waals surface area contributed by atoms with Crippen LogP contribution < -0.4 is 0 Å². The number of pyridine rings is 1. The van der Waals surface area contributed by atoms with Crippen molar-refractivity contribution in [2.24, 2.45) is 0 Å². The zero-order valence-electron chi connectivity index (χ0n) is 16.1. The third kappa shape index (κ3) is 3.81. The number of aromatic nitrogens is 1. The maximum atomic E-state index is 13.6. The molecule has 5 heteroatoms. The molecule has 0 radical (unpaired) electrons. The summed E-state index contributed by atoms with van der Waals surface area (Å²) >= 11 is 0. The summed E-state index contributed by atoms with van der Waals surface area (Å²) in [5.41, 5.74) is 1.35. The first-order valence-corrected chi connectivity index (χ1v) is 10.2. The van der Waals surface area contributed by atoms with E-state index in [-0.39, 0.29) is 35.8 Å². The fraction of sp³-hybridized carbons (Fsp3) is 0.478. The quantitative estimate of drug-likeness (QED) is 0.819. The van der Waals surface area contributed by atoms with E-state index in [4.69, 9.17) is 0 Å². The van der Waals surface area contributed by atoms with Crippen LogP contribution in [-0.2, 0) is 5.41 Å². The lowest BCUT2D eigenvalue weighted by Gasteiger charge is -2.43. The Kier molecular flexibility index (Phi) is 5.44. The average Bonchev–Trinajstić information content (AvgIpc) is 3.55. The molecule has 4 rings (SSSR count). The number of hydrogen-bond donors (Lipinski definition) is 1. The summed E-state index contributed by atoms with van der Waals surface area (Å²) < 4.78 is 13.6. The van der Waals surface area contributed by atoms with Crippen molar-refractivity contribution in [1.82, 2.24) is 9.88 Å². The summed E-state index contributed by atoms with van der Waals surface area (Å²) in [5, 5.41) is 9.65. The lowest BCUT2D eigenvalue weighted by Crippen LogP contribution is -2.47. The maximum Gasteiger partial charge on any atom is 0.254 e. The second-order valence-corrected chi connectivity index (χ2v) is 8.15. The van der Waals surface area contributed by atoms with Crippen molar-refractivity contribution in [3.63, 3.8) is 0 Å². The highest BCUT2D eigenvalue weighted by atomic mass is 19.1. The molecule has 0 atom stereocenters. The summed E-state index contributed by atoms with van der Waals surface area (Å²) in [6, 6.07) is 12.4. The van der Waals surface area contributed by atoms with Crippen LogP contribution in [0.5, 0.6) is 0 Å². The highest BCUT2D eigenvalue weighted by molar-refractivity contribution is 5.94. The zero-order valence-corrected chi connectivity index (χ0v) is 16.1. The second kappa shape index (κ2) is 8.00. The third-order valence-corrected chi connectivity index (χ3v) is 6.35. The first-order chi connectivity index (χ1) is 13.6. The van der Waals surface area contributed by atoms with Crippen molar-refractivity contribution in [3.05, 3.63) is 65.7 Å². The van der Waals surface area contributed by atoms with Gasteiger partial charge in [-0.2, -0.15) is 0 Å². The van der Waals surface area contributed by atoms with Gasteiger partial charge >= 0.3 is 0 Å². The molecule has 0 aliphatic heterocycles. The van der Waals surface area contributed by atoms with Gasteiger partial charge in [0.15, 0.2) is 0 Å². The molecule has 2 aliphatic carbocycles. The number of hydrogen-bond acceptors (Lipinski definition) is 3. The number of aliphatic hydroxyl groups excluding tert-OH is 1. The van der Waals surface area contributed by atoms with Crippen LogP contribution in [0.25, 0.3) is 0 Å². The number of amides is 1. The summed E-state index contributed by atoms with van der Waals surface area (Å²) in [6.45, 7) is 0.135. The van der Waals surface area contributed by atoms with Gasteiger partial charge in [0.1, 0.15) is 5.82 Å². The van der Waals surface area contributed by atoms with E-state index in [1.165, 1.54) is 12.1 Å². The molecule has 148 valence electrons. The van der Waals surface area contributed by atoms with Gasteiger partial charge in [-0.25, -0.2) is 4.39 Å². The second-order valence-electron chi connectivity index (χ2n) is 8.15. The van der Waals surface area contributed by atoms with E-state index in [9.17, 15) is 14.3 Å². The van der Waals surface area contributed by atoms with Crippen LogP contribution in [0.3, 0.4) is 0 Å². The highest BCUT2D eigenvalue weighted by Gasteiger charge is 2.43. The van der Waals surface area contributed by atoms with Gasteiger partial charge in [-0.1, -0.05) is 12.1 Å². The molecule has 1 aromatic carbocycles. The Morgan fingerprint density at radius 2 is 1.86 bits per heavy atom. The van der Waals surface area contributed by atoms with E-state index >= 15 is 0 Å². The molecular weight excluding hydrogens is 355 g/mol. The molecule has 1 amide bonds. The number of carbonyl (C=O) groups excluding carboxylic acids is 1. The molecule has 2 fully saturated rings. The summed E-state index contributed by atoms with van der Waals surface area (Å²) in [4.78, 5) is 19.7. The maximum absolute atomic E-state index is 13.6. The van der Waals surface area contributed by atoms with Crippen LogP contribution in [0.2, 0.25) is 0 Å². The molecule has 0 unspecified atom stereocenters. The van der Waals surface area contributed by atoms with Crippen LogP contribution in [-0.4, -0.2) is 39.6 Å². The number of halogens is 1. The van der Waals surface area contributed by atoms with Crippen LogP contribution in [0, 0.1) is 5.82 Å². The molecule has 2 aliphatic rings. The third-order valence-electron chi connectivity index (χ3n) is 6.35. The minimum atomic E-state index is -0.373. The SMILES string of the molecule is O=C(c1cccc(F)c1)N(C1CC1)C1CCC(CCO)(c2ccccn2)CC1. The van der Waals surface area contributed by atoms with Gasteiger partial charge in [-0.3, -0.25) is 9.78 Å². The summed E-state index contributed by atoms with van der Waals surface area (Å²) in [6.07, 6.45) is 8.12. The zero-order chi connectivity index (χ0) is 19.6. The Morgan fingerprint density at radius 1 is 1.11 bits per heavy atom. The largest absolute Gasteiger partial charge is 0.396 e. The number of benzene rings is 1. The Bertz CT molecular complexity index is 814. The van der Waals surface area contributed by atoms with E-state index in [1.54, 1.807) is 12.1 Å². The molecular formula is C23H27FN2O2. The van der Waals surface area contributed by atoms with Crippen molar-refractivity contribution in [2.75, 3.05) is 6.61 Å². The van der Waals surface area contributed by atoms with Gasteiger partial charge in [0.05, 0.1) is 0 Å². The van der Waals surface area contributed by atoms with Crippen LogP contribution in [0.15, 0.2) is 48.7 Å². The van der Waals surface area contributed by atoms with E-state index in [1.807, 2.05) is 29.3 Å². The van der Waals surface area contributed by atoms with E-state index in [2.05, 4.69) is 4.98 Å². The Morgan fingerprint density at radius 3 is 2.46 bits per heavy atom. The van der Waals surface area contributed by atoms with Crippen molar-refractivity contribution in [2.45, 2.75) is 62.4 Å². The van der Waals surface area contributed by atoms with E-state index in [0.29, 0.717) is 12.0 Å². The molecule has 2 aromatic rings. The molecule has 1 N–H and O–H groups in total. The first-order valence-electron chi connectivity index (χ1n) is 10.2. The predicted octanol–water partition coefficient (Wildman–Crippen LogP) is 4.09. The first kappa shape index (κ1) is 19.1. The van der Waals surface area contributed by atoms with E-state index in [0.717, 1.165) is 44.2 Å². The molecule has 4 nitrogen and oxygen atoms in total. The van der Waals surface area contributed by atoms with Crippen LogP contribution in [0.4, 0.5) is 4.39 Å². The van der Waals surface area contributed by atoms with Crippen molar-refractivity contribution < 1.29 is 14.3 Å². The smallest absolute Gasteiger partial charge is 0.254 e. The Balaban J connectivity index is 1.53. The Hall–Kier alpha value is -2.27. The number of nitrogens with zero attached hydrogens (tertiary/aromatic N) is 2. The highest BCUT2D eigenvalue weighted by Crippen LogP contribution is 2.44. The van der Waals surface area contributed by atoms with Gasteiger partial charge in [-0.05, 0) is 75.3 Å². The molecule has 0 spiro atoms. The molecule has 2 saturated carbocycles. The molecule has 0 saturated heterocycles. The number of rotatable bonds is 6. The van der Waals surface area contributed by atoms with Crippen LogP contribution in [0.1, 0.15) is 61.0 Å². The predicted molar refractivity (Wildman–Crippen MR) is 105 cm³/mol. The van der Waals surface area contributed by atoms with Gasteiger partial charge < -0.3 is 10.0 Å². The lowest BCUT2D eigenvalue weighted by molar-refractivity contribution is 0.0548. The monoisotopic (exact) mass is 382 g/mol. The van der Waals surface area contributed by atoms with Gasteiger partial charge in [-0.15, -0.1) is 0 Å². The summed E-state index contributed by atoms with van der Waals surface area (Å²) in [5.74, 6) is -0.429. The van der Waals surface area contributed by atoms with Gasteiger partial charge in [0.2, 0.25) is 0 Å². The fourth-order valence-electron chi connectivity index (χ4n) is 4.71. The summed E-state index contributed by atoms with van der Waals surface area (Å²) in [7, 11) is 0. The molecule has 0 bridgehead atoms. The van der Waals surface area contributed by atoms with Gasteiger partial charge in [0, 0.05) is 41.6 Å². The van der Waals surface area contributed by atoms with Crippen LogP contribution >= 0.6 is 0 Å². The number of carbonyl (C=O) groups is 1. The minimum Gasteiger partial charge on any atom is -0.396 e. The molecule has 28 heavy (non-hydrogen) atoms. The van der Waals surface area contributed by atoms with E-state index < -0.39 is 0 Å². The minimum absolute atomic E-state index is 0.0560. The van der Waals surface area contributed by atoms with Crippen molar-refractivity contribution in [1.29, 1.82) is 0 Å². The standard InChI is InChI=1S/C23H27FN2O2/c24-18-5-3-4-17(16-18)22(28)26(19-7-8-19)20-9-11-23(12-10-20,13-15-27)21-6-1-2-14-25-21/h1-6,14,16,19-20,27H,7-13,15H2.